The van der Waals surface area contributed by atoms with Crippen molar-refractivity contribution < 1.29 is 31.2 Å². The SMILES string of the molecule is Cc1ccc(N(C)S(=O)(=O)c2cccc(C(=O)NCC(=O)NCC(F)(F)F)c2)cc1. The summed E-state index contributed by atoms with van der Waals surface area (Å²) in [5.41, 5.74) is 1.33. The molecule has 2 N–H and O–H groups in total. The lowest BCUT2D eigenvalue weighted by molar-refractivity contribution is -0.137. The summed E-state index contributed by atoms with van der Waals surface area (Å²) in [6.07, 6.45) is -4.56. The maximum absolute atomic E-state index is 12.9. The van der Waals surface area contributed by atoms with Gasteiger partial charge >= 0.3 is 6.18 Å². The predicted molar refractivity (Wildman–Crippen MR) is 105 cm³/mol. The maximum Gasteiger partial charge on any atom is 0.405 e. The molecule has 0 heterocycles. The third-order valence-electron chi connectivity index (χ3n) is 4.05. The number of amides is 2. The van der Waals surface area contributed by atoms with Crippen LogP contribution in [0.2, 0.25) is 0 Å². The minimum Gasteiger partial charge on any atom is -0.345 e. The molecule has 0 saturated carbocycles. The molecule has 0 aliphatic carbocycles. The van der Waals surface area contributed by atoms with E-state index in [1.54, 1.807) is 29.6 Å². The third kappa shape index (κ3) is 6.21. The smallest absolute Gasteiger partial charge is 0.345 e. The van der Waals surface area contributed by atoms with Crippen LogP contribution in [0.25, 0.3) is 0 Å². The van der Waals surface area contributed by atoms with E-state index in [-0.39, 0.29) is 10.5 Å². The molecule has 7 nitrogen and oxygen atoms in total. The minimum absolute atomic E-state index is 0.0583. The summed E-state index contributed by atoms with van der Waals surface area (Å²) in [4.78, 5) is 23.4. The van der Waals surface area contributed by atoms with Crippen LogP contribution >= 0.6 is 0 Å². The van der Waals surface area contributed by atoms with Crippen LogP contribution in [0.4, 0.5) is 18.9 Å². The second-order valence-corrected chi connectivity index (χ2v) is 8.38. The fraction of sp³-hybridized carbons (Fsp3) is 0.263. The number of hydrogen-bond acceptors (Lipinski definition) is 4. The number of halogens is 3. The predicted octanol–water partition coefficient (Wildman–Crippen LogP) is 2.23. The highest BCUT2D eigenvalue weighted by atomic mass is 32.2. The normalized spacial score (nSPS) is 11.6. The van der Waals surface area contributed by atoms with Gasteiger partial charge in [-0.05, 0) is 37.3 Å². The van der Waals surface area contributed by atoms with Gasteiger partial charge in [0, 0.05) is 12.6 Å². The van der Waals surface area contributed by atoms with Crippen LogP contribution in [0.5, 0.6) is 0 Å². The summed E-state index contributed by atoms with van der Waals surface area (Å²) in [7, 11) is -2.60. The van der Waals surface area contributed by atoms with Crippen molar-refractivity contribution in [2.24, 2.45) is 0 Å². The average Bonchev–Trinajstić information content (AvgIpc) is 2.70. The lowest BCUT2D eigenvalue weighted by Crippen LogP contribution is -2.40. The fourth-order valence-electron chi connectivity index (χ4n) is 2.37. The fourth-order valence-corrected chi connectivity index (χ4v) is 3.62. The molecule has 0 fully saturated rings. The zero-order valence-electron chi connectivity index (χ0n) is 16.2. The first-order valence-electron chi connectivity index (χ1n) is 8.67. The standard InChI is InChI=1S/C19H20F3N3O4S/c1-13-6-8-15(9-7-13)25(2)30(28,29)16-5-3-4-14(10-16)18(27)23-11-17(26)24-12-19(20,21)22/h3-10H,11-12H2,1-2H3,(H,23,27)(H,24,26). The molecule has 0 atom stereocenters. The highest BCUT2D eigenvalue weighted by Crippen LogP contribution is 2.23. The lowest BCUT2D eigenvalue weighted by atomic mass is 10.2. The van der Waals surface area contributed by atoms with Crippen molar-refractivity contribution in [3.05, 3.63) is 59.7 Å². The number of hydrogen-bond donors (Lipinski definition) is 2. The molecule has 2 rings (SSSR count). The van der Waals surface area contributed by atoms with Crippen LogP contribution in [0.1, 0.15) is 15.9 Å². The Morgan fingerprint density at radius 2 is 1.67 bits per heavy atom. The highest BCUT2D eigenvalue weighted by molar-refractivity contribution is 7.92. The van der Waals surface area contributed by atoms with Crippen molar-refractivity contribution in [2.75, 3.05) is 24.4 Å². The van der Waals surface area contributed by atoms with E-state index in [0.717, 1.165) is 15.9 Å². The number of nitrogens with one attached hydrogen (secondary N) is 2. The monoisotopic (exact) mass is 443 g/mol. The number of carbonyl (C=O) groups is 2. The molecule has 0 bridgehead atoms. The van der Waals surface area contributed by atoms with Crippen molar-refractivity contribution in [2.45, 2.75) is 18.0 Å². The second kappa shape index (κ2) is 9.16. The van der Waals surface area contributed by atoms with Gasteiger partial charge in [0.25, 0.3) is 15.9 Å². The summed E-state index contributed by atoms with van der Waals surface area (Å²) in [5, 5.41) is 3.77. The molecule has 0 radical (unpaired) electrons. The summed E-state index contributed by atoms with van der Waals surface area (Å²) < 4.78 is 63.0. The molecular formula is C19H20F3N3O4S. The summed E-state index contributed by atoms with van der Waals surface area (Å²) >= 11 is 0. The molecule has 0 unspecified atom stereocenters. The molecule has 0 aliphatic rings. The van der Waals surface area contributed by atoms with Gasteiger partial charge in [-0.25, -0.2) is 8.42 Å². The molecule has 0 aliphatic heterocycles. The molecule has 2 aromatic carbocycles. The van der Waals surface area contributed by atoms with E-state index in [4.69, 9.17) is 0 Å². The minimum atomic E-state index is -4.56. The summed E-state index contributed by atoms with van der Waals surface area (Å²) in [6, 6.07) is 11.9. The van der Waals surface area contributed by atoms with E-state index in [0.29, 0.717) is 5.69 Å². The van der Waals surface area contributed by atoms with Crippen LogP contribution in [0, 0.1) is 6.92 Å². The zero-order valence-corrected chi connectivity index (χ0v) is 17.0. The van der Waals surface area contributed by atoms with Crippen molar-refractivity contribution in [3.63, 3.8) is 0 Å². The van der Waals surface area contributed by atoms with Gasteiger partial charge < -0.3 is 10.6 Å². The van der Waals surface area contributed by atoms with E-state index >= 15 is 0 Å². The van der Waals surface area contributed by atoms with Gasteiger partial charge in [0.15, 0.2) is 0 Å². The molecule has 0 saturated heterocycles. The molecule has 0 spiro atoms. The van der Waals surface area contributed by atoms with Crippen molar-refractivity contribution in [1.82, 2.24) is 10.6 Å². The van der Waals surface area contributed by atoms with Crippen molar-refractivity contribution in [3.8, 4) is 0 Å². The van der Waals surface area contributed by atoms with Gasteiger partial charge in [-0.2, -0.15) is 13.2 Å². The average molecular weight is 443 g/mol. The van der Waals surface area contributed by atoms with E-state index < -0.39 is 41.1 Å². The van der Waals surface area contributed by atoms with E-state index in [2.05, 4.69) is 5.32 Å². The van der Waals surface area contributed by atoms with Crippen molar-refractivity contribution >= 4 is 27.5 Å². The van der Waals surface area contributed by atoms with E-state index in [1.807, 2.05) is 6.92 Å². The summed E-state index contributed by atoms with van der Waals surface area (Å²) in [5.74, 6) is -1.82. The Kier molecular flexibility index (Phi) is 7.08. The van der Waals surface area contributed by atoms with Gasteiger partial charge in [-0.3, -0.25) is 13.9 Å². The Morgan fingerprint density at radius 1 is 1.03 bits per heavy atom. The Morgan fingerprint density at radius 3 is 2.27 bits per heavy atom. The number of sulfonamides is 1. The number of rotatable bonds is 7. The zero-order chi connectivity index (χ0) is 22.5. The Labute approximate surface area is 171 Å². The number of carbonyl (C=O) groups excluding carboxylic acids is 2. The topological polar surface area (TPSA) is 95.6 Å². The number of alkyl halides is 3. The Hall–Kier alpha value is -3.08. The van der Waals surface area contributed by atoms with Crippen LogP contribution in [0.15, 0.2) is 53.4 Å². The first-order valence-corrected chi connectivity index (χ1v) is 10.1. The molecule has 30 heavy (non-hydrogen) atoms. The number of nitrogens with zero attached hydrogens (tertiary/aromatic N) is 1. The second-order valence-electron chi connectivity index (χ2n) is 6.41. The lowest BCUT2D eigenvalue weighted by Gasteiger charge is -2.20. The Balaban J connectivity index is 2.10. The Bertz CT molecular complexity index is 1020. The van der Waals surface area contributed by atoms with E-state index in [9.17, 15) is 31.2 Å². The first-order chi connectivity index (χ1) is 13.9. The van der Waals surface area contributed by atoms with Gasteiger partial charge in [0.1, 0.15) is 6.54 Å². The van der Waals surface area contributed by atoms with Gasteiger partial charge in [-0.15, -0.1) is 0 Å². The van der Waals surface area contributed by atoms with Gasteiger partial charge in [0.05, 0.1) is 17.1 Å². The molecule has 2 aromatic rings. The molecule has 162 valence electrons. The number of benzene rings is 2. The quantitative estimate of drug-likeness (QED) is 0.686. The van der Waals surface area contributed by atoms with Crippen LogP contribution in [0.3, 0.4) is 0 Å². The van der Waals surface area contributed by atoms with Gasteiger partial charge in [0.2, 0.25) is 5.91 Å². The number of aryl methyl sites for hydroxylation is 1. The molecule has 11 heteroatoms. The molecule has 2 amide bonds. The maximum atomic E-state index is 12.9. The van der Waals surface area contributed by atoms with Crippen LogP contribution < -0.4 is 14.9 Å². The van der Waals surface area contributed by atoms with Crippen LogP contribution in [-0.2, 0) is 14.8 Å². The third-order valence-corrected chi connectivity index (χ3v) is 5.83. The summed E-state index contributed by atoms with van der Waals surface area (Å²) in [6.45, 7) is -0.334. The van der Waals surface area contributed by atoms with E-state index in [1.165, 1.54) is 25.2 Å². The molecule has 0 aromatic heterocycles. The molecular weight excluding hydrogens is 423 g/mol. The van der Waals surface area contributed by atoms with Crippen LogP contribution in [-0.4, -0.2) is 46.5 Å². The van der Waals surface area contributed by atoms with Crippen molar-refractivity contribution in [1.29, 1.82) is 0 Å². The van der Waals surface area contributed by atoms with Gasteiger partial charge in [-0.1, -0.05) is 23.8 Å². The largest absolute Gasteiger partial charge is 0.405 e. The first kappa shape index (κ1) is 23.2. The highest BCUT2D eigenvalue weighted by Gasteiger charge is 2.27. The number of anilines is 1.